The minimum atomic E-state index is 0.0601. The summed E-state index contributed by atoms with van der Waals surface area (Å²) in [7, 11) is 0. The van der Waals surface area contributed by atoms with Gasteiger partial charge in [-0.1, -0.05) is 22.0 Å². The second-order valence-corrected chi connectivity index (χ2v) is 6.47. The van der Waals surface area contributed by atoms with Gasteiger partial charge >= 0.3 is 0 Å². The standard InChI is InChI=1S/C16H18BrN3O/c1-11-6-14(17)3-2-13(11)8-19-16(21)12-4-5-20-10-18-9-15(20)7-12/h2-3,6,9-10,12H,4-5,7-8H2,1H3,(H,19,21). The lowest BCUT2D eigenvalue weighted by molar-refractivity contribution is -0.125. The molecule has 2 heterocycles. The summed E-state index contributed by atoms with van der Waals surface area (Å²) in [5.41, 5.74) is 3.50. The first-order valence-electron chi connectivity index (χ1n) is 7.15. The van der Waals surface area contributed by atoms with Crippen molar-refractivity contribution in [1.82, 2.24) is 14.9 Å². The molecule has 1 unspecified atom stereocenters. The molecule has 0 spiro atoms. The Labute approximate surface area is 132 Å². The van der Waals surface area contributed by atoms with Crippen LogP contribution in [0.5, 0.6) is 0 Å². The average Bonchev–Trinajstić information content (AvgIpc) is 2.93. The third-order valence-corrected chi connectivity index (χ3v) is 4.59. The molecule has 1 aromatic heterocycles. The number of hydrogen-bond donors (Lipinski definition) is 1. The molecule has 1 aliphatic heterocycles. The number of rotatable bonds is 3. The molecular formula is C16H18BrN3O. The van der Waals surface area contributed by atoms with Crippen molar-refractivity contribution in [2.24, 2.45) is 5.92 Å². The molecule has 21 heavy (non-hydrogen) atoms. The molecule has 0 radical (unpaired) electrons. The number of fused-ring (bicyclic) bond motifs is 1. The first-order chi connectivity index (χ1) is 10.1. The molecule has 110 valence electrons. The van der Waals surface area contributed by atoms with Crippen LogP contribution in [0.15, 0.2) is 35.2 Å². The van der Waals surface area contributed by atoms with Crippen molar-refractivity contribution in [3.63, 3.8) is 0 Å². The number of halogens is 1. The predicted molar refractivity (Wildman–Crippen MR) is 84.8 cm³/mol. The van der Waals surface area contributed by atoms with Gasteiger partial charge in [0.1, 0.15) is 0 Å². The van der Waals surface area contributed by atoms with Crippen LogP contribution in [0.25, 0.3) is 0 Å². The number of hydrogen-bond acceptors (Lipinski definition) is 2. The smallest absolute Gasteiger partial charge is 0.223 e. The second-order valence-electron chi connectivity index (χ2n) is 5.56. The largest absolute Gasteiger partial charge is 0.352 e. The number of aromatic nitrogens is 2. The van der Waals surface area contributed by atoms with E-state index in [4.69, 9.17) is 0 Å². The first kappa shape index (κ1) is 14.3. The maximum atomic E-state index is 12.3. The summed E-state index contributed by atoms with van der Waals surface area (Å²) < 4.78 is 3.19. The number of carbonyl (C=O) groups is 1. The van der Waals surface area contributed by atoms with Crippen LogP contribution < -0.4 is 5.32 Å². The second kappa shape index (κ2) is 6.02. The van der Waals surface area contributed by atoms with Gasteiger partial charge in [-0.25, -0.2) is 4.98 Å². The zero-order valence-electron chi connectivity index (χ0n) is 12.0. The first-order valence-corrected chi connectivity index (χ1v) is 7.94. The quantitative estimate of drug-likeness (QED) is 0.927. The number of aryl methyl sites for hydroxylation is 2. The van der Waals surface area contributed by atoms with E-state index in [2.05, 4.69) is 49.9 Å². The number of nitrogens with zero attached hydrogens (tertiary/aromatic N) is 2. The van der Waals surface area contributed by atoms with Crippen LogP contribution in [0.4, 0.5) is 0 Å². The van der Waals surface area contributed by atoms with Crippen LogP contribution in [-0.2, 0) is 24.3 Å². The molecule has 0 aliphatic carbocycles. The van der Waals surface area contributed by atoms with E-state index in [0.29, 0.717) is 6.54 Å². The van der Waals surface area contributed by atoms with E-state index in [0.717, 1.165) is 35.1 Å². The van der Waals surface area contributed by atoms with Gasteiger partial charge in [-0.2, -0.15) is 0 Å². The SMILES string of the molecule is Cc1cc(Br)ccc1CNC(=O)C1CCn2cncc2C1. The lowest BCUT2D eigenvalue weighted by Crippen LogP contribution is -2.34. The highest BCUT2D eigenvalue weighted by Gasteiger charge is 2.24. The van der Waals surface area contributed by atoms with Crippen molar-refractivity contribution in [2.45, 2.75) is 32.9 Å². The van der Waals surface area contributed by atoms with Gasteiger partial charge in [0, 0.05) is 41.8 Å². The Kier molecular flexibility index (Phi) is 4.10. The van der Waals surface area contributed by atoms with Gasteiger partial charge in [-0.15, -0.1) is 0 Å². The highest BCUT2D eigenvalue weighted by atomic mass is 79.9. The molecule has 0 fully saturated rings. The molecule has 0 bridgehead atoms. The fraction of sp³-hybridized carbons (Fsp3) is 0.375. The maximum Gasteiger partial charge on any atom is 0.223 e. The number of nitrogens with one attached hydrogen (secondary N) is 1. The highest BCUT2D eigenvalue weighted by Crippen LogP contribution is 2.20. The summed E-state index contributed by atoms with van der Waals surface area (Å²) in [4.78, 5) is 16.5. The zero-order chi connectivity index (χ0) is 14.8. The number of benzene rings is 1. The fourth-order valence-electron chi connectivity index (χ4n) is 2.78. The van der Waals surface area contributed by atoms with Gasteiger partial charge in [0.25, 0.3) is 0 Å². The molecule has 0 saturated carbocycles. The Morgan fingerprint density at radius 3 is 3.19 bits per heavy atom. The summed E-state index contributed by atoms with van der Waals surface area (Å²) in [6.45, 7) is 3.53. The van der Waals surface area contributed by atoms with Crippen LogP contribution in [-0.4, -0.2) is 15.5 Å². The molecule has 5 heteroatoms. The molecule has 1 N–H and O–H groups in total. The van der Waals surface area contributed by atoms with E-state index in [1.165, 1.54) is 5.56 Å². The minimum absolute atomic E-state index is 0.0601. The van der Waals surface area contributed by atoms with Crippen molar-refractivity contribution >= 4 is 21.8 Å². The summed E-state index contributed by atoms with van der Waals surface area (Å²) in [5, 5.41) is 3.07. The van der Waals surface area contributed by atoms with Gasteiger partial charge in [0.05, 0.1) is 6.33 Å². The Morgan fingerprint density at radius 1 is 1.52 bits per heavy atom. The third kappa shape index (κ3) is 3.18. The van der Waals surface area contributed by atoms with E-state index in [-0.39, 0.29) is 11.8 Å². The monoisotopic (exact) mass is 347 g/mol. The van der Waals surface area contributed by atoms with Gasteiger partial charge in [-0.05, 0) is 36.6 Å². The van der Waals surface area contributed by atoms with Gasteiger partial charge < -0.3 is 9.88 Å². The predicted octanol–water partition coefficient (Wildman–Crippen LogP) is 2.83. The Balaban J connectivity index is 1.60. The summed E-state index contributed by atoms with van der Waals surface area (Å²) in [6, 6.07) is 6.13. The van der Waals surface area contributed by atoms with Crippen molar-refractivity contribution in [2.75, 3.05) is 0 Å². The Morgan fingerprint density at radius 2 is 2.38 bits per heavy atom. The summed E-state index contributed by atoms with van der Waals surface area (Å²) in [5.74, 6) is 0.203. The molecule has 2 aromatic rings. The maximum absolute atomic E-state index is 12.3. The molecule has 3 rings (SSSR count). The van der Waals surface area contributed by atoms with Crippen LogP contribution >= 0.6 is 15.9 Å². The van der Waals surface area contributed by atoms with Crippen LogP contribution in [0, 0.1) is 12.8 Å². The molecule has 1 aromatic carbocycles. The Bertz CT molecular complexity index is 665. The highest BCUT2D eigenvalue weighted by molar-refractivity contribution is 9.10. The summed E-state index contributed by atoms with van der Waals surface area (Å²) in [6.07, 6.45) is 5.37. The molecular weight excluding hydrogens is 330 g/mol. The lowest BCUT2D eigenvalue weighted by Gasteiger charge is -2.23. The minimum Gasteiger partial charge on any atom is -0.352 e. The molecule has 0 saturated heterocycles. The third-order valence-electron chi connectivity index (χ3n) is 4.10. The van der Waals surface area contributed by atoms with Crippen molar-refractivity contribution < 1.29 is 4.79 Å². The van der Waals surface area contributed by atoms with E-state index in [1.807, 2.05) is 18.6 Å². The van der Waals surface area contributed by atoms with Gasteiger partial charge in [-0.3, -0.25) is 4.79 Å². The number of carbonyl (C=O) groups excluding carboxylic acids is 1. The average molecular weight is 348 g/mol. The van der Waals surface area contributed by atoms with Crippen molar-refractivity contribution in [1.29, 1.82) is 0 Å². The van der Waals surface area contributed by atoms with E-state index < -0.39 is 0 Å². The van der Waals surface area contributed by atoms with Crippen LogP contribution in [0.3, 0.4) is 0 Å². The number of imidazole rings is 1. The van der Waals surface area contributed by atoms with Crippen LogP contribution in [0.1, 0.15) is 23.2 Å². The Hall–Kier alpha value is -1.62. The van der Waals surface area contributed by atoms with E-state index in [1.54, 1.807) is 0 Å². The molecule has 1 aliphatic rings. The summed E-state index contributed by atoms with van der Waals surface area (Å²) >= 11 is 3.45. The normalized spacial score (nSPS) is 17.3. The topological polar surface area (TPSA) is 46.9 Å². The number of amides is 1. The van der Waals surface area contributed by atoms with E-state index >= 15 is 0 Å². The van der Waals surface area contributed by atoms with Crippen molar-refractivity contribution in [3.05, 3.63) is 52.0 Å². The fourth-order valence-corrected chi connectivity index (χ4v) is 3.25. The zero-order valence-corrected chi connectivity index (χ0v) is 13.6. The molecule has 4 nitrogen and oxygen atoms in total. The molecule has 1 atom stereocenters. The van der Waals surface area contributed by atoms with Gasteiger partial charge in [0.2, 0.25) is 5.91 Å². The van der Waals surface area contributed by atoms with Crippen molar-refractivity contribution in [3.8, 4) is 0 Å². The van der Waals surface area contributed by atoms with E-state index in [9.17, 15) is 4.79 Å². The lowest BCUT2D eigenvalue weighted by atomic mass is 9.95. The van der Waals surface area contributed by atoms with Crippen LogP contribution in [0.2, 0.25) is 0 Å². The van der Waals surface area contributed by atoms with Gasteiger partial charge in [0.15, 0.2) is 0 Å². The molecule has 1 amide bonds.